The van der Waals surface area contributed by atoms with E-state index in [0.29, 0.717) is 19.4 Å². The van der Waals surface area contributed by atoms with E-state index in [2.05, 4.69) is 45.4 Å². The minimum absolute atomic E-state index is 0.0282. The van der Waals surface area contributed by atoms with Gasteiger partial charge in [0.05, 0.1) is 10.9 Å². The summed E-state index contributed by atoms with van der Waals surface area (Å²) in [5, 5.41) is 3.39. The number of nitrogens with zero attached hydrogens (tertiary/aromatic N) is 2. The van der Waals surface area contributed by atoms with E-state index >= 15 is 0 Å². The van der Waals surface area contributed by atoms with Crippen molar-refractivity contribution in [2.75, 3.05) is 20.6 Å². The van der Waals surface area contributed by atoms with Gasteiger partial charge in [-0.25, -0.2) is 13.1 Å². The molecule has 1 amide bonds. The lowest BCUT2D eigenvalue weighted by Crippen LogP contribution is -2.50. The van der Waals surface area contributed by atoms with E-state index in [4.69, 9.17) is 0 Å². The maximum atomic E-state index is 13.5. The molecule has 0 saturated heterocycles. The number of aromatic nitrogens is 1. The van der Waals surface area contributed by atoms with Crippen LogP contribution in [0, 0.1) is 0 Å². The minimum atomic E-state index is -3.51. The van der Waals surface area contributed by atoms with Crippen molar-refractivity contribution < 1.29 is 13.2 Å². The van der Waals surface area contributed by atoms with Gasteiger partial charge in [0.2, 0.25) is 15.9 Å². The summed E-state index contributed by atoms with van der Waals surface area (Å²) < 4.78 is 27.5. The Morgan fingerprint density at radius 2 is 1.79 bits per heavy atom. The van der Waals surface area contributed by atoms with Crippen molar-refractivity contribution in [2.24, 2.45) is 0 Å². The van der Waals surface area contributed by atoms with E-state index in [1.54, 1.807) is 36.5 Å². The quantitative estimate of drug-likeness (QED) is 0.344. The highest BCUT2D eigenvalue weighted by atomic mass is 32.2. The van der Waals surface area contributed by atoms with Gasteiger partial charge in [0.25, 0.3) is 0 Å². The number of likely N-dealkylation sites (N-methyl/N-ethyl adjacent to an activating group) is 1. The second kappa shape index (κ2) is 13.1. The lowest BCUT2D eigenvalue weighted by Gasteiger charge is -2.36. The zero-order valence-electron chi connectivity index (χ0n) is 22.2. The number of benzene rings is 2. The predicted molar refractivity (Wildman–Crippen MR) is 150 cm³/mol. The molecule has 1 aliphatic rings. The van der Waals surface area contributed by atoms with Crippen LogP contribution in [-0.4, -0.2) is 56.9 Å². The summed E-state index contributed by atoms with van der Waals surface area (Å²) in [5.41, 5.74) is 3.82. The van der Waals surface area contributed by atoms with Crippen LogP contribution >= 0.6 is 0 Å². The van der Waals surface area contributed by atoms with E-state index in [9.17, 15) is 13.2 Å². The molecule has 38 heavy (non-hydrogen) atoms. The fraction of sp³-hybridized carbons (Fsp3) is 0.400. The standard InChI is InChI=1S/C30H38N4O3S/c1-34(2)29(16-8-9-20-32-38(36,37)25-13-4-3-5-14-25)30(35)33-28-18-17-24-12-6-7-15-26(24)27(28)21-23-11-10-19-31-22-23/h3-7,10-15,19,22,27-29,32H,8-9,16-18,20-21H2,1-2H3,(H,33,35)/t27-,28+,29+/m0/s1. The summed E-state index contributed by atoms with van der Waals surface area (Å²) in [6.45, 7) is 0.339. The first-order valence-electron chi connectivity index (χ1n) is 13.3. The van der Waals surface area contributed by atoms with Gasteiger partial charge in [-0.3, -0.25) is 14.7 Å². The highest BCUT2D eigenvalue weighted by Gasteiger charge is 2.32. The number of carbonyl (C=O) groups excluding carboxylic acids is 1. The number of sulfonamides is 1. The van der Waals surface area contributed by atoms with Gasteiger partial charge in [-0.2, -0.15) is 0 Å². The molecule has 4 rings (SSSR count). The topological polar surface area (TPSA) is 91.4 Å². The molecule has 1 aromatic heterocycles. The first-order chi connectivity index (χ1) is 18.3. The van der Waals surface area contributed by atoms with Crippen molar-refractivity contribution >= 4 is 15.9 Å². The molecule has 0 aliphatic heterocycles. The molecule has 0 fully saturated rings. The zero-order valence-corrected chi connectivity index (χ0v) is 23.0. The van der Waals surface area contributed by atoms with Gasteiger partial charge in [0.15, 0.2) is 0 Å². The average Bonchev–Trinajstić information content (AvgIpc) is 2.92. The molecule has 2 aromatic carbocycles. The third kappa shape index (κ3) is 7.28. The Balaban J connectivity index is 1.35. The monoisotopic (exact) mass is 534 g/mol. The normalized spacial score (nSPS) is 18.1. The number of hydrogen-bond donors (Lipinski definition) is 2. The molecule has 2 N–H and O–H groups in total. The highest BCUT2D eigenvalue weighted by molar-refractivity contribution is 7.89. The highest BCUT2D eigenvalue weighted by Crippen LogP contribution is 2.34. The van der Waals surface area contributed by atoms with Crippen LogP contribution in [0.25, 0.3) is 0 Å². The van der Waals surface area contributed by atoms with Gasteiger partial charge in [-0.1, -0.05) is 55.0 Å². The Kier molecular flexibility index (Phi) is 9.66. The van der Waals surface area contributed by atoms with E-state index in [1.165, 1.54) is 11.1 Å². The number of amides is 1. The van der Waals surface area contributed by atoms with Gasteiger partial charge >= 0.3 is 0 Å². The van der Waals surface area contributed by atoms with Crippen LogP contribution in [0.5, 0.6) is 0 Å². The third-order valence-electron chi connectivity index (χ3n) is 7.35. The smallest absolute Gasteiger partial charge is 0.240 e. The van der Waals surface area contributed by atoms with Crippen LogP contribution in [0.15, 0.2) is 84.0 Å². The Hall–Kier alpha value is -3.07. The Morgan fingerprint density at radius 3 is 2.53 bits per heavy atom. The number of aryl methyl sites for hydroxylation is 1. The van der Waals surface area contributed by atoms with Crippen LogP contribution < -0.4 is 10.0 Å². The second-order valence-electron chi connectivity index (χ2n) is 10.2. The van der Waals surface area contributed by atoms with Crippen molar-refractivity contribution in [2.45, 2.75) is 61.4 Å². The summed E-state index contributed by atoms with van der Waals surface area (Å²) >= 11 is 0. The Morgan fingerprint density at radius 1 is 1.03 bits per heavy atom. The molecule has 3 aromatic rings. The Bertz CT molecular complexity index is 1280. The summed E-state index contributed by atoms with van der Waals surface area (Å²) in [6.07, 6.45) is 8.40. The van der Waals surface area contributed by atoms with Crippen molar-refractivity contribution in [3.63, 3.8) is 0 Å². The van der Waals surface area contributed by atoms with Gasteiger partial charge < -0.3 is 5.32 Å². The van der Waals surface area contributed by atoms with Crippen molar-refractivity contribution in [1.29, 1.82) is 0 Å². The van der Waals surface area contributed by atoms with Crippen LogP contribution in [-0.2, 0) is 27.7 Å². The van der Waals surface area contributed by atoms with Crippen molar-refractivity contribution in [3.8, 4) is 0 Å². The fourth-order valence-electron chi connectivity index (χ4n) is 5.31. The van der Waals surface area contributed by atoms with Gasteiger partial charge in [-0.15, -0.1) is 0 Å². The summed E-state index contributed by atoms with van der Waals surface area (Å²) in [6, 6.07) is 20.7. The number of nitrogens with one attached hydrogen (secondary N) is 2. The van der Waals surface area contributed by atoms with Crippen molar-refractivity contribution in [3.05, 3.63) is 95.8 Å². The SMILES string of the molecule is CN(C)[C@H](CCCCNS(=O)(=O)c1ccccc1)C(=O)N[C@@H]1CCc2ccccc2[C@@H]1Cc1cccnc1. The lowest BCUT2D eigenvalue weighted by atomic mass is 9.76. The molecule has 1 heterocycles. The number of rotatable bonds is 12. The molecule has 7 nitrogen and oxygen atoms in total. The maximum Gasteiger partial charge on any atom is 0.240 e. The molecule has 0 spiro atoms. The molecule has 0 bridgehead atoms. The molecule has 202 valence electrons. The summed E-state index contributed by atoms with van der Waals surface area (Å²) in [4.78, 5) is 20.0. The van der Waals surface area contributed by atoms with Crippen LogP contribution in [0.1, 0.15) is 48.3 Å². The molecular weight excluding hydrogens is 496 g/mol. The molecule has 8 heteroatoms. The van der Waals surface area contributed by atoms with Gasteiger partial charge in [-0.05, 0) is 81.1 Å². The number of unbranched alkanes of at least 4 members (excludes halogenated alkanes) is 1. The van der Waals surface area contributed by atoms with Crippen LogP contribution in [0.3, 0.4) is 0 Å². The summed E-state index contributed by atoms with van der Waals surface area (Å²) in [5.74, 6) is 0.212. The van der Waals surface area contributed by atoms with Crippen LogP contribution in [0.4, 0.5) is 0 Å². The molecule has 0 radical (unpaired) electrons. The van der Waals surface area contributed by atoms with E-state index in [0.717, 1.165) is 31.2 Å². The number of fused-ring (bicyclic) bond motifs is 1. The van der Waals surface area contributed by atoms with Crippen LogP contribution in [0.2, 0.25) is 0 Å². The van der Waals surface area contributed by atoms with E-state index in [-0.39, 0.29) is 28.8 Å². The molecule has 0 unspecified atom stereocenters. The molecular formula is C30H38N4O3S. The van der Waals surface area contributed by atoms with E-state index < -0.39 is 10.0 Å². The fourth-order valence-corrected chi connectivity index (χ4v) is 6.40. The second-order valence-corrected chi connectivity index (χ2v) is 12.0. The zero-order chi connectivity index (χ0) is 27.0. The predicted octanol–water partition coefficient (Wildman–Crippen LogP) is 3.92. The number of hydrogen-bond acceptors (Lipinski definition) is 5. The average molecular weight is 535 g/mol. The van der Waals surface area contributed by atoms with Gasteiger partial charge in [0, 0.05) is 30.9 Å². The van der Waals surface area contributed by atoms with E-state index in [1.807, 2.05) is 31.3 Å². The number of pyridine rings is 1. The first-order valence-corrected chi connectivity index (χ1v) is 14.8. The molecule has 0 saturated carbocycles. The first kappa shape index (κ1) is 28.0. The Labute approximate surface area is 226 Å². The summed E-state index contributed by atoms with van der Waals surface area (Å²) in [7, 11) is 0.331. The maximum absolute atomic E-state index is 13.5. The molecule has 1 aliphatic carbocycles. The number of carbonyl (C=O) groups is 1. The largest absolute Gasteiger partial charge is 0.351 e. The lowest BCUT2D eigenvalue weighted by molar-refractivity contribution is -0.126. The van der Waals surface area contributed by atoms with Crippen molar-refractivity contribution in [1.82, 2.24) is 19.9 Å². The molecule has 3 atom stereocenters. The minimum Gasteiger partial charge on any atom is -0.351 e. The van der Waals surface area contributed by atoms with Gasteiger partial charge in [0.1, 0.15) is 0 Å². The third-order valence-corrected chi connectivity index (χ3v) is 8.82.